The third kappa shape index (κ3) is 3.94. The summed E-state index contributed by atoms with van der Waals surface area (Å²) >= 11 is 0. The number of hydrogen-bond acceptors (Lipinski definition) is 6. The molecule has 0 saturated carbocycles. The van der Waals surface area contributed by atoms with Gasteiger partial charge in [0.25, 0.3) is 0 Å². The largest absolute Gasteiger partial charge is 0.507 e. The van der Waals surface area contributed by atoms with E-state index in [0.717, 1.165) is 6.07 Å². The van der Waals surface area contributed by atoms with E-state index in [0.29, 0.717) is 10.9 Å². The molecule has 25 heavy (non-hydrogen) atoms. The summed E-state index contributed by atoms with van der Waals surface area (Å²) in [6.45, 7) is 0. The Bertz CT molecular complexity index is 955. The van der Waals surface area contributed by atoms with E-state index in [2.05, 4.69) is 4.98 Å². The van der Waals surface area contributed by atoms with Gasteiger partial charge < -0.3 is 26.2 Å². The molecule has 3 rings (SSSR count). The minimum atomic E-state index is -1.15. The molecular formula is C17H14N2O6. The molecule has 0 spiro atoms. The SMILES string of the molecule is Nc1c(O)cccc1C(=O)O.O=C(O)c1cc(O)c2ccccc2n1. The fourth-order valence-electron chi connectivity index (χ4n) is 2.01. The number of carbonyl (C=O) groups is 2. The van der Waals surface area contributed by atoms with Crippen molar-refractivity contribution in [2.45, 2.75) is 0 Å². The molecule has 2 aromatic carbocycles. The van der Waals surface area contributed by atoms with Crippen LogP contribution in [0.2, 0.25) is 0 Å². The molecule has 0 amide bonds. The number of nitrogens with zero attached hydrogens (tertiary/aromatic N) is 1. The Morgan fingerprint density at radius 2 is 1.56 bits per heavy atom. The van der Waals surface area contributed by atoms with Gasteiger partial charge in [-0.3, -0.25) is 0 Å². The number of aromatic hydroxyl groups is 2. The van der Waals surface area contributed by atoms with E-state index in [1.165, 1.54) is 18.2 Å². The van der Waals surface area contributed by atoms with E-state index in [4.69, 9.17) is 21.1 Å². The van der Waals surface area contributed by atoms with Gasteiger partial charge in [-0.25, -0.2) is 14.6 Å². The first-order valence-corrected chi connectivity index (χ1v) is 6.94. The molecule has 0 aliphatic heterocycles. The number of para-hydroxylation sites is 2. The molecule has 0 saturated heterocycles. The predicted octanol–water partition coefficient (Wildman–Crippen LogP) is 2.31. The molecule has 8 heteroatoms. The summed E-state index contributed by atoms with van der Waals surface area (Å²) < 4.78 is 0. The van der Waals surface area contributed by atoms with Gasteiger partial charge in [0.05, 0.1) is 16.8 Å². The zero-order valence-corrected chi connectivity index (χ0v) is 12.7. The van der Waals surface area contributed by atoms with Crippen molar-refractivity contribution in [3.8, 4) is 11.5 Å². The highest BCUT2D eigenvalue weighted by atomic mass is 16.4. The molecule has 3 aromatic rings. The van der Waals surface area contributed by atoms with Gasteiger partial charge >= 0.3 is 11.9 Å². The minimum Gasteiger partial charge on any atom is -0.507 e. The van der Waals surface area contributed by atoms with Gasteiger partial charge in [-0.1, -0.05) is 18.2 Å². The van der Waals surface area contributed by atoms with Crippen molar-refractivity contribution in [3.63, 3.8) is 0 Å². The molecule has 0 bridgehead atoms. The molecule has 0 aliphatic rings. The van der Waals surface area contributed by atoms with Crippen LogP contribution in [0.4, 0.5) is 5.69 Å². The van der Waals surface area contributed by atoms with Crippen molar-refractivity contribution < 1.29 is 30.0 Å². The van der Waals surface area contributed by atoms with Crippen molar-refractivity contribution in [2.75, 3.05) is 5.73 Å². The number of aromatic nitrogens is 1. The molecule has 8 nitrogen and oxygen atoms in total. The average molecular weight is 342 g/mol. The number of rotatable bonds is 2. The van der Waals surface area contributed by atoms with Crippen LogP contribution in [0.25, 0.3) is 10.9 Å². The van der Waals surface area contributed by atoms with Gasteiger partial charge in [-0.05, 0) is 24.3 Å². The van der Waals surface area contributed by atoms with Gasteiger partial charge in [0.2, 0.25) is 0 Å². The average Bonchev–Trinajstić information content (AvgIpc) is 2.57. The lowest BCUT2D eigenvalue weighted by Gasteiger charge is -2.01. The number of aromatic carboxylic acids is 2. The summed E-state index contributed by atoms with van der Waals surface area (Å²) in [6.07, 6.45) is 0. The molecule has 6 N–H and O–H groups in total. The molecule has 128 valence electrons. The third-order valence-electron chi connectivity index (χ3n) is 3.23. The van der Waals surface area contributed by atoms with Crippen LogP contribution in [0.15, 0.2) is 48.5 Å². The first-order valence-electron chi connectivity index (χ1n) is 6.94. The second kappa shape index (κ2) is 7.18. The number of pyridine rings is 1. The molecule has 0 radical (unpaired) electrons. The fourth-order valence-corrected chi connectivity index (χ4v) is 2.01. The van der Waals surface area contributed by atoms with E-state index >= 15 is 0 Å². The van der Waals surface area contributed by atoms with Crippen LogP contribution < -0.4 is 5.73 Å². The van der Waals surface area contributed by atoms with Crippen LogP contribution in [0.5, 0.6) is 11.5 Å². The topological polar surface area (TPSA) is 154 Å². The highest BCUT2D eigenvalue weighted by molar-refractivity contribution is 5.95. The monoisotopic (exact) mass is 342 g/mol. The van der Waals surface area contributed by atoms with E-state index in [1.807, 2.05) is 0 Å². The first kappa shape index (κ1) is 17.5. The lowest BCUT2D eigenvalue weighted by atomic mass is 10.2. The van der Waals surface area contributed by atoms with Gasteiger partial charge in [0, 0.05) is 11.5 Å². The maximum absolute atomic E-state index is 10.6. The van der Waals surface area contributed by atoms with Crippen molar-refractivity contribution in [1.82, 2.24) is 4.98 Å². The number of anilines is 1. The molecule has 0 aliphatic carbocycles. The minimum absolute atomic E-state index is 0.0620. The molecule has 1 aromatic heterocycles. The number of nitrogen functional groups attached to an aromatic ring is 1. The Balaban J connectivity index is 0.000000186. The molecule has 0 unspecified atom stereocenters. The normalized spacial score (nSPS) is 9.92. The van der Waals surface area contributed by atoms with Crippen LogP contribution in [-0.2, 0) is 0 Å². The number of carboxylic acids is 2. The number of phenols is 1. The van der Waals surface area contributed by atoms with Crippen LogP contribution in [0.1, 0.15) is 20.8 Å². The number of carboxylic acid groups (broad SMARTS) is 2. The van der Waals surface area contributed by atoms with Crippen LogP contribution in [-0.4, -0.2) is 37.3 Å². The summed E-state index contributed by atoms with van der Waals surface area (Å²) in [5.41, 5.74) is 5.40. The standard InChI is InChI=1S/C10H7NO3.C7H7NO3/c12-9-5-8(10(13)14)11-7-4-2-1-3-6(7)9;8-6-4(7(10)11)2-1-3-5(6)9/h1-5H,(H,11,12)(H,13,14);1-3,9H,8H2,(H,10,11). The predicted molar refractivity (Wildman–Crippen MR) is 89.8 cm³/mol. The lowest BCUT2D eigenvalue weighted by Crippen LogP contribution is -2.01. The second-order valence-corrected chi connectivity index (χ2v) is 4.89. The van der Waals surface area contributed by atoms with Crippen molar-refractivity contribution in [3.05, 3.63) is 59.8 Å². The van der Waals surface area contributed by atoms with Crippen LogP contribution in [0, 0.1) is 0 Å². The Morgan fingerprint density at radius 3 is 2.16 bits per heavy atom. The maximum Gasteiger partial charge on any atom is 0.354 e. The number of hydrogen-bond donors (Lipinski definition) is 5. The second-order valence-electron chi connectivity index (χ2n) is 4.89. The zero-order valence-electron chi connectivity index (χ0n) is 12.7. The van der Waals surface area contributed by atoms with Crippen LogP contribution >= 0.6 is 0 Å². The number of phenolic OH excluding ortho intramolecular Hbond substituents is 1. The fraction of sp³-hybridized carbons (Fsp3) is 0. The van der Waals surface area contributed by atoms with Crippen molar-refractivity contribution in [2.24, 2.45) is 0 Å². The van der Waals surface area contributed by atoms with Gasteiger partial charge in [0.1, 0.15) is 11.5 Å². The van der Waals surface area contributed by atoms with Gasteiger partial charge in [0.15, 0.2) is 5.69 Å². The smallest absolute Gasteiger partial charge is 0.354 e. The van der Waals surface area contributed by atoms with E-state index in [-0.39, 0.29) is 28.4 Å². The summed E-state index contributed by atoms with van der Waals surface area (Å²) in [5.74, 6) is -2.55. The maximum atomic E-state index is 10.6. The lowest BCUT2D eigenvalue weighted by molar-refractivity contribution is 0.0683. The van der Waals surface area contributed by atoms with E-state index in [1.54, 1.807) is 24.3 Å². The summed E-state index contributed by atoms with van der Waals surface area (Å²) in [7, 11) is 0. The highest BCUT2D eigenvalue weighted by Crippen LogP contribution is 2.24. The van der Waals surface area contributed by atoms with Gasteiger partial charge in [-0.15, -0.1) is 0 Å². The Hall–Kier alpha value is -3.81. The van der Waals surface area contributed by atoms with Crippen molar-refractivity contribution >= 4 is 28.5 Å². The van der Waals surface area contributed by atoms with Crippen LogP contribution in [0.3, 0.4) is 0 Å². The highest BCUT2D eigenvalue weighted by Gasteiger charge is 2.10. The van der Waals surface area contributed by atoms with E-state index < -0.39 is 11.9 Å². The number of fused-ring (bicyclic) bond motifs is 1. The quantitative estimate of drug-likeness (QED) is 0.351. The zero-order chi connectivity index (χ0) is 18.6. The molecule has 0 fully saturated rings. The Kier molecular flexibility index (Phi) is 5.03. The molecular weight excluding hydrogens is 328 g/mol. The molecule has 1 heterocycles. The summed E-state index contributed by atoms with van der Waals surface area (Å²) in [6, 6.07) is 12.1. The number of nitrogens with two attached hydrogens (primary N) is 1. The van der Waals surface area contributed by atoms with E-state index in [9.17, 15) is 14.7 Å². The Morgan fingerprint density at radius 1 is 0.880 bits per heavy atom. The summed E-state index contributed by atoms with van der Waals surface area (Å²) in [4.78, 5) is 24.9. The van der Waals surface area contributed by atoms with Crippen molar-refractivity contribution in [1.29, 1.82) is 0 Å². The van der Waals surface area contributed by atoms with Gasteiger partial charge in [-0.2, -0.15) is 0 Å². The molecule has 0 atom stereocenters. The number of benzene rings is 2. The first-order chi connectivity index (χ1) is 11.8. The third-order valence-corrected chi connectivity index (χ3v) is 3.23. The Labute approximate surface area is 141 Å². The summed E-state index contributed by atoms with van der Waals surface area (Å²) in [5, 5.41) is 36.2.